The van der Waals surface area contributed by atoms with Gasteiger partial charge in [-0.3, -0.25) is 0 Å². The summed E-state index contributed by atoms with van der Waals surface area (Å²) in [7, 11) is 9.11. The molecule has 0 spiro atoms. The molecule has 0 heterocycles. The Hall–Kier alpha value is -0.723. The molecule has 1 rings (SSSR count). The summed E-state index contributed by atoms with van der Waals surface area (Å²) >= 11 is 0. The molecule has 0 amide bonds. The molecule has 0 saturated carbocycles. The van der Waals surface area contributed by atoms with E-state index < -0.39 is 8.80 Å². The van der Waals surface area contributed by atoms with Gasteiger partial charge in [0, 0.05) is 32.9 Å². The van der Waals surface area contributed by atoms with E-state index in [1.54, 1.807) is 21.3 Å². The molecule has 1 aromatic carbocycles. The van der Waals surface area contributed by atoms with E-state index in [0.29, 0.717) is 0 Å². The van der Waals surface area contributed by atoms with E-state index in [4.69, 9.17) is 13.3 Å². The van der Waals surface area contributed by atoms with Crippen molar-refractivity contribution in [2.45, 2.75) is 19.0 Å². The maximum Gasteiger partial charge on any atom is 0.500 e. The van der Waals surface area contributed by atoms with Gasteiger partial charge in [0.2, 0.25) is 0 Å². The van der Waals surface area contributed by atoms with Gasteiger partial charge in [-0.15, -0.1) is 0 Å². The lowest BCUT2D eigenvalue weighted by Gasteiger charge is -2.25. The van der Waals surface area contributed by atoms with Gasteiger partial charge in [-0.25, -0.2) is 0 Å². The summed E-state index contributed by atoms with van der Waals surface area (Å²) < 4.78 is 17.3. The van der Waals surface area contributed by atoms with Crippen LogP contribution in [-0.4, -0.2) is 55.8 Å². The van der Waals surface area contributed by atoms with Crippen molar-refractivity contribution in [3.63, 3.8) is 0 Å². The van der Waals surface area contributed by atoms with Gasteiger partial charge in [0.25, 0.3) is 0 Å². The number of hydrogen-bond acceptors (Lipinski definition) is 3. The first-order valence-electron chi connectivity index (χ1n) is 6.88. The van der Waals surface area contributed by atoms with Crippen LogP contribution in [0.4, 0.5) is 0 Å². The molecule has 0 radical (unpaired) electrons. The second-order valence-electron chi connectivity index (χ2n) is 6.06. The third kappa shape index (κ3) is 5.34. The number of rotatable bonds is 8. The fraction of sp³-hybridized carbons (Fsp3) is 0.600. The van der Waals surface area contributed by atoms with Crippen molar-refractivity contribution < 1.29 is 17.8 Å². The van der Waals surface area contributed by atoms with Gasteiger partial charge in [-0.1, -0.05) is 24.3 Å². The molecular weight excluding hydrogens is 270 g/mol. The minimum Gasteiger partial charge on any atom is -0.377 e. The van der Waals surface area contributed by atoms with Crippen molar-refractivity contribution in [3.8, 4) is 0 Å². The highest BCUT2D eigenvalue weighted by atomic mass is 28.4. The van der Waals surface area contributed by atoms with E-state index in [1.807, 2.05) is 0 Å². The van der Waals surface area contributed by atoms with Crippen molar-refractivity contribution in [2.24, 2.45) is 0 Å². The van der Waals surface area contributed by atoms with Crippen LogP contribution in [-0.2, 0) is 26.2 Å². The molecular formula is C15H28NO3Si+. The second-order valence-corrected chi connectivity index (χ2v) is 9.15. The van der Waals surface area contributed by atoms with Crippen molar-refractivity contribution in [2.75, 3.05) is 42.5 Å². The maximum atomic E-state index is 5.46. The molecule has 1 aromatic rings. The lowest BCUT2D eigenvalue weighted by molar-refractivity contribution is -0.884. The number of benzene rings is 1. The lowest BCUT2D eigenvalue weighted by atomic mass is 10.1. The Kier molecular flexibility index (Phi) is 6.35. The van der Waals surface area contributed by atoms with Crippen LogP contribution in [0.3, 0.4) is 0 Å². The normalized spacial score (nSPS) is 12.7. The Morgan fingerprint density at radius 3 is 2.00 bits per heavy atom. The molecule has 0 aliphatic heterocycles. The van der Waals surface area contributed by atoms with E-state index in [2.05, 4.69) is 45.4 Å². The van der Waals surface area contributed by atoms with Gasteiger partial charge in [0.05, 0.1) is 21.1 Å². The SMILES string of the molecule is CO[Si](CCc1cccc(C[N+](C)(C)C)c1)(OC)OC. The fourth-order valence-electron chi connectivity index (χ4n) is 2.28. The molecule has 0 bridgehead atoms. The first-order chi connectivity index (χ1) is 9.34. The molecule has 4 nitrogen and oxygen atoms in total. The third-order valence-corrected chi connectivity index (χ3v) is 6.03. The van der Waals surface area contributed by atoms with E-state index >= 15 is 0 Å². The molecule has 0 N–H and O–H groups in total. The number of quaternary nitrogens is 1. The molecule has 0 fully saturated rings. The van der Waals surface area contributed by atoms with Crippen molar-refractivity contribution in [3.05, 3.63) is 35.4 Å². The highest BCUT2D eigenvalue weighted by Gasteiger charge is 2.37. The summed E-state index contributed by atoms with van der Waals surface area (Å²) in [6.45, 7) is 1.02. The average Bonchev–Trinajstić information content (AvgIpc) is 2.39. The van der Waals surface area contributed by atoms with Crippen molar-refractivity contribution in [1.82, 2.24) is 0 Å². The van der Waals surface area contributed by atoms with Gasteiger partial charge in [0.15, 0.2) is 0 Å². The molecule has 0 aliphatic rings. The standard InChI is InChI=1S/C15H28NO3Si/c1-16(2,3)13-15-9-7-8-14(12-15)10-11-20(17-4,18-5)19-6/h7-9,12H,10-11,13H2,1-6H3/q+1. The zero-order valence-electron chi connectivity index (χ0n) is 13.6. The zero-order valence-corrected chi connectivity index (χ0v) is 14.6. The molecule has 0 unspecified atom stereocenters. The van der Waals surface area contributed by atoms with Crippen molar-refractivity contribution >= 4 is 8.80 Å². The molecule has 0 aliphatic carbocycles. The molecule has 114 valence electrons. The van der Waals surface area contributed by atoms with E-state index in [0.717, 1.165) is 23.5 Å². The molecule has 0 atom stereocenters. The van der Waals surface area contributed by atoms with Crippen LogP contribution in [0.15, 0.2) is 24.3 Å². The summed E-state index contributed by atoms with van der Waals surface area (Å²) in [6.07, 6.45) is 0.909. The monoisotopic (exact) mass is 298 g/mol. The highest BCUT2D eigenvalue weighted by Crippen LogP contribution is 2.18. The summed E-state index contributed by atoms with van der Waals surface area (Å²) in [5.41, 5.74) is 2.66. The fourth-order valence-corrected chi connectivity index (χ4v) is 3.99. The van der Waals surface area contributed by atoms with E-state index in [-0.39, 0.29) is 0 Å². The predicted octanol–water partition coefficient (Wildman–Crippen LogP) is 2.31. The largest absolute Gasteiger partial charge is 0.500 e. The van der Waals surface area contributed by atoms with Gasteiger partial charge < -0.3 is 17.8 Å². The van der Waals surface area contributed by atoms with Gasteiger partial charge in [0.1, 0.15) is 6.54 Å². The van der Waals surface area contributed by atoms with Crippen LogP contribution in [0.25, 0.3) is 0 Å². The van der Waals surface area contributed by atoms with Crippen LogP contribution in [0.2, 0.25) is 6.04 Å². The minimum absolute atomic E-state index is 0.796. The molecule has 5 heteroatoms. The summed E-state index contributed by atoms with van der Waals surface area (Å²) in [5.74, 6) is 0. The van der Waals surface area contributed by atoms with Crippen molar-refractivity contribution in [1.29, 1.82) is 0 Å². The predicted molar refractivity (Wildman–Crippen MR) is 83.5 cm³/mol. The molecule has 0 saturated heterocycles. The Balaban J connectivity index is 2.71. The Labute approximate surface area is 124 Å². The maximum absolute atomic E-state index is 5.46. The van der Waals surface area contributed by atoms with Gasteiger partial charge >= 0.3 is 8.80 Å². The first kappa shape index (κ1) is 17.3. The van der Waals surface area contributed by atoms with Crippen LogP contribution in [0.5, 0.6) is 0 Å². The molecule has 20 heavy (non-hydrogen) atoms. The lowest BCUT2D eigenvalue weighted by Crippen LogP contribution is -2.43. The first-order valence-corrected chi connectivity index (χ1v) is 8.81. The average molecular weight is 298 g/mol. The number of aryl methyl sites for hydroxylation is 1. The number of hydrogen-bond donors (Lipinski definition) is 0. The van der Waals surface area contributed by atoms with Crippen LogP contribution < -0.4 is 0 Å². The third-order valence-electron chi connectivity index (χ3n) is 3.30. The minimum atomic E-state index is -2.47. The zero-order chi connectivity index (χ0) is 15.2. The van der Waals surface area contributed by atoms with Gasteiger partial charge in [-0.2, -0.15) is 0 Å². The van der Waals surface area contributed by atoms with Crippen LogP contribution in [0, 0.1) is 0 Å². The Morgan fingerprint density at radius 2 is 1.50 bits per heavy atom. The summed E-state index contributed by atoms with van der Waals surface area (Å²) in [5, 5.41) is 0. The Morgan fingerprint density at radius 1 is 0.950 bits per heavy atom. The van der Waals surface area contributed by atoms with E-state index in [1.165, 1.54) is 11.1 Å². The molecule has 0 aromatic heterocycles. The summed E-state index contributed by atoms with van der Waals surface area (Å²) in [6, 6.07) is 9.52. The van der Waals surface area contributed by atoms with Gasteiger partial charge in [-0.05, 0) is 12.0 Å². The summed E-state index contributed by atoms with van der Waals surface area (Å²) in [4.78, 5) is 0. The Bertz CT molecular complexity index is 406. The van der Waals surface area contributed by atoms with Crippen LogP contribution in [0.1, 0.15) is 11.1 Å². The quantitative estimate of drug-likeness (QED) is 0.544. The second kappa shape index (κ2) is 7.33. The van der Waals surface area contributed by atoms with Crippen LogP contribution >= 0.6 is 0 Å². The highest BCUT2D eigenvalue weighted by molar-refractivity contribution is 6.60. The smallest absolute Gasteiger partial charge is 0.377 e. The topological polar surface area (TPSA) is 27.7 Å². The number of nitrogens with zero attached hydrogens (tertiary/aromatic N) is 1. The van der Waals surface area contributed by atoms with E-state index in [9.17, 15) is 0 Å².